The number of rotatable bonds is 6. The van der Waals surface area contributed by atoms with E-state index in [1.807, 2.05) is 11.0 Å². The van der Waals surface area contributed by atoms with Crippen LogP contribution in [0.4, 0.5) is 10.1 Å². The zero-order chi connectivity index (χ0) is 22.7. The average molecular weight is 494 g/mol. The molecule has 0 saturated carbocycles. The Labute approximate surface area is 195 Å². The zero-order valence-corrected chi connectivity index (χ0v) is 19.4. The van der Waals surface area contributed by atoms with Gasteiger partial charge in [0, 0.05) is 43.4 Å². The Hall–Kier alpha value is -2.46. The van der Waals surface area contributed by atoms with Crippen molar-refractivity contribution in [3.05, 3.63) is 81.3 Å². The van der Waals surface area contributed by atoms with Crippen molar-refractivity contribution in [1.82, 2.24) is 9.62 Å². The minimum atomic E-state index is -3.83. The van der Waals surface area contributed by atoms with E-state index in [1.165, 1.54) is 22.5 Å². The van der Waals surface area contributed by atoms with Crippen molar-refractivity contribution in [3.8, 4) is 0 Å². The third-order valence-corrected chi connectivity index (χ3v) is 8.63. The molecule has 0 spiro atoms. The monoisotopic (exact) mass is 493 g/mol. The number of carbonyl (C=O) groups is 1. The molecule has 1 N–H and O–H groups in total. The first kappa shape index (κ1) is 22.7. The van der Waals surface area contributed by atoms with Gasteiger partial charge < -0.3 is 10.2 Å². The summed E-state index contributed by atoms with van der Waals surface area (Å²) in [5.74, 6) is -0.767. The fourth-order valence-electron chi connectivity index (χ4n) is 3.54. The molecular formula is C22H21ClFN3O3S2. The van der Waals surface area contributed by atoms with E-state index in [4.69, 9.17) is 11.6 Å². The van der Waals surface area contributed by atoms with E-state index in [2.05, 4.69) is 5.32 Å². The van der Waals surface area contributed by atoms with Gasteiger partial charge in [0.15, 0.2) is 0 Å². The van der Waals surface area contributed by atoms with Gasteiger partial charge in [0.2, 0.25) is 10.0 Å². The molecular weight excluding hydrogens is 473 g/mol. The first-order valence-corrected chi connectivity index (χ1v) is 12.7. The number of piperazine rings is 1. The van der Waals surface area contributed by atoms with E-state index < -0.39 is 15.9 Å². The lowest BCUT2D eigenvalue weighted by molar-refractivity contribution is 0.0952. The quantitative estimate of drug-likeness (QED) is 0.564. The van der Waals surface area contributed by atoms with Crippen LogP contribution >= 0.6 is 22.9 Å². The van der Waals surface area contributed by atoms with E-state index in [-0.39, 0.29) is 35.2 Å². The summed E-state index contributed by atoms with van der Waals surface area (Å²) < 4.78 is 41.1. The Morgan fingerprint density at radius 3 is 2.41 bits per heavy atom. The van der Waals surface area contributed by atoms with Gasteiger partial charge in [-0.15, -0.1) is 11.3 Å². The Bertz CT molecular complexity index is 1210. The summed E-state index contributed by atoms with van der Waals surface area (Å²) in [4.78, 5) is 14.9. The maximum Gasteiger partial charge on any atom is 0.263 e. The van der Waals surface area contributed by atoms with Crippen LogP contribution in [0.3, 0.4) is 0 Å². The molecule has 2 aromatic carbocycles. The molecule has 0 bridgehead atoms. The summed E-state index contributed by atoms with van der Waals surface area (Å²) in [7, 11) is -3.83. The van der Waals surface area contributed by atoms with Crippen molar-refractivity contribution in [2.45, 2.75) is 11.4 Å². The lowest BCUT2D eigenvalue weighted by Gasteiger charge is -2.35. The van der Waals surface area contributed by atoms with Crippen LogP contribution in [0.15, 0.2) is 64.9 Å². The summed E-state index contributed by atoms with van der Waals surface area (Å²) in [5.41, 5.74) is 1.60. The number of amides is 1. The third-order valence-electron chi connectivity index (χ3n) is 5.28. The van der Waals surface area contributed by atoms with E-state index in [9.17, 15) is 17.6 Å². The molecule has 1 fully saturated rings. The summed E-state index contributed by atoms with van der Waals surface area (Å²) in [6.45, 7) is 1.70. The first-order chi connectivity index (χ1) is 15.4. The number of benzene rings is 2. The largest absolute Gasteiger partial charge is 0.369 e. The Morgan fingerprint density at radius 1 is 1.03 bits per heavy atom. The van der Waals surface area contributed by atoms with Gasteiger partial charge in [-0.2, -0.15) is 4.31 Å². The fourth-order valence-corrected chi connectivity index (χ4v) is 6.48. The number of nitrogens with one attached hydrogen (secondary N) is 1. The van der Waals surface area contributed by atoms with Gasteiger partial charge >= 0.3 is 0 Å². The highest BCUT2D eigenvalue weighted by Crippen LogP contribution is 2.27. The molecule has 32 heavy (non-hydrogen) atoms. The molecule has 6 nitrogen and oxygen atoms in total. The van der Waals surface area contributed by atoms with Gasteiger partial charge in [0.1, 0.15) is 15.6 Å². The van der Waals surface area contributed by atoms with Crippen LogP contribution in [0.25, 0.3) is 0 Å². The molecule has 1 saturated heterocycles. The van der Waals surface area contributed by atoms with E-state index in [0.29, 0.717) is 18.1 Å². The van der Waals surface area contributed by atoms with E-state index in [1.54, 1.807) is 35.7 Å². The van der Waals surface area contributed by atoms with Crippen LogP contribution in [-0.4, -0.2) is 44.8 Å². The SMILES string of the molecule is O=C(NCc1ccccc1Cl)c1sccc1S(=O)(=O)N1CCN(c2ccc(F)cc2)CC1. The molecule has 0 radical (unpaired) electrons. The van der Waals surface area contributed by atoms with Gasteiger partial charge in [-0.1, -0.05) is 29.8 Å². The standard InChI is InChI=1S/C22H21ClFN3O3S2/c23-19-4-2-1-3-16(19)15-25-22(28)21-20(9-14-31-21)32(29,30)27-12-10-26(11-13-27)18-7-5-17(24)6-8-18/h1-9,14H,10-13,15H2,(H,25,28). The number of hydrogen-bond acceptors (Lipinski definition) is 5. The molecule has 1 amide bonds. The number of thiophene rings is 1. The van der Waals surface area contributed by atoms with Crippen LogP contribution in [-0.2, 0) is 16.6 Å². The molecule has 10 heteroatoms. The highest BCUT2D eigenvalue weighted by Gasteiger charge is 2.32. The molecule has 3 aromatic rings. The van der Waals surface area contributed by atoms with Gasteiger partial charge in [0.25, 0.3) is 5.91 Å². The molecule has 168 valence electrons. The fraction of sp³-hybridized carbons (Fsp3) is 0.227. The van der Waals surface area contributed by atoms with E-state index in [0.717, 1.165) is 22.6 Å². The average Bonchev–Trinajstić information content (AvgIpc) is 3.30. The topological polar surface area (TPSA) is 69.7 Å². The molecule has 0 atom stereocenters. The number of halogens is 2. The van der Waals surface area contributed by atoms with Crippen LogP contribution in [0.1, 0.15) is 15.2 Å². The number of sulfonamides is 1. The molecule has 4 rings (SSSR count). The minimum Gasteiger partial charge on any atom is -0.369 e. The van der Waals surface area contributed by atoms with Gasteiger partial charge in [-0.3, -0.25) is 4.79 Å². The first-order valence-electron chi connectivity index (χ1n) is 9.96. The molecule has 0 unspecified atom stereocenters. The van der Waals surface area contributed by atoms with Crippen LogP contribution < -0.4 is 10.2 Å². The van der Waals surface area contributed by atoms with Crippen LogP contribution in [0, 0.1) is 5.82 Å². The van der Waals surface area contributed by atoms with Crippen molar-refractivity contribution in [3.63, 3.8) is 0 Å². The smallest absolute Gasteiger partial charge is 0.263 e. The van der Waals surface area contributed by atoms with Gasteiger partial charge in [-0.05, 0) is 47.3 Å². The van der Waals surface area contributed by atoms with Crippen molar-refractivity contribution >= 4 is 44.6 Å². The number of hydrogen-bond donors (Lipinski definition) is 1. The van der Waals surface area contributed by atoms with Crippen molar-refractivity contribution in [1.29, 1.82) is 0 Å². The van der Waals surface area contributed by atoms with Crippen LogP contribution in [0.5, 0.6) is 0 Å². The maximum atomic E-state index is 13.3. The number of nitrogens with zero attached hydrogens (tertiary/aromatic N) is 2. The Balaban J connectivity index is 1.44. The number of carbonyl (C=O) groups excluding carboxylic acids is 1. The number of anilines is 1. The molecule has 0 aliphatic carbocycles. The van der Waals surface area contributed by atoms with E-state index >= 15 is 0 Å². The normalized spacial score (nSPS) is 15.0. The summed E-state index contributed by atoms with van der Waals surface area (Å²) >= 11 is 7.22. The summed E-state index contributed by atoms with van der Waals surface area (Å²) in [6, 6.07) is 14.8. The van der Waals surface area contributed by atoms with Crippen LogP contribution in [0.2, 0.25) is 5.02 Å². The summed E-state index contributed by atoms with van der Waals surface area (Å²) in [6.07, 6.45) is 0. The van der Waals surface area contributed by atoms with Crippen molar-refractivity contribution < 1.29 is 17.6 Å². The van der Waals surface area contributed by atoms with Crippen molar-refractivity contribution in [2.75, 3.05) is 31.1 Å². The predicted octanol–water partition coefficient (Wildman–Crippen LogP) is 3.98. The second-order valence-corrected chi connectivity index (χ2v) is 10.5. The Kier molecular flexibility index (Phi) is 6.80. The maximum absolute atomic E-state index is 13.3. The molecule has 1 aliphatic rings. The molecule has 1 aliphatic heterocycles. The lowest BCUT2D eigenvalue weighted by Crippen LogP contribution is -2.48. The van der Waals surface area contributed by atoms with Gasteiger partial charge in [0.05, 0.1) is 0 Å². The second-order valence-electron chi connectivity index (χ2n) is 7.26. The van der Waals surface area contributed by atoms with Crippen molar-refractivity contribution in [2.24, 2.45) is 0 Å². The second kappa shape index (κ2) is 9.58. The highest BCUT2D eigenvalue weighted by molar-refractivity contribution is 7.89. The molecule has 1 aromatic heterocycles. The zero-order valence-electron chi connectivity index (χ0n) is 17.0. The molecule has 2 heterocycles. The lowest BCUT2D eigenvalue weighted by atomic mass is 10.2. The predicted molar refractivity (Wildman–Crippen MR) is 124 cm³/mol. The Morgan fingerprint density at radius 2 is 1.72 bits per heavy atom. The van der Waals surface area contributed by atoms with Gasteiger partial charge in [-0.25, -0.2) is 12.8 Å². The minimum absolute atomic E-state index is 0.00870. The highest BCUT2D eigenvalue weighted by atomic mass is 35.5. The summed E-state index contributed by atoms with van der Waals surface area (Å²) in [5, 5.41) is 4.89. The third kappa shape index (κ3) is 4.80.